The zero-order valence-electron chi connectivity index (χ0n) is 9.09. The molecule has 0 saturated heterocycles. The molecule has 0 atom stereocenters. The van der Waals surface area contributed by atoms with E-state index < -0.39 is 0 Å². The molecule has 88 valence electrons. The summed E-state index contributed by atoms with van der Waals surface area (Å²) in [7, 11) is 0. The highest BCUT2D eigenvalue weighted by Crippen LogP contribution is 2.11. The van der Waals surface area contributed by atoms with Crippen molar-refractivity contribution in [1.82, 2.24) is 9.97 Å². The topological polar surface area (TPSA) is 63.8 Å². The van der Waals surface area contributed by atoms with Gasteiger partial charge in [-0.15, -0.1) is 11.3 Å². The van der Waals surface area contributed by atoms with E-state index in [1.807, 2.05) is 23.0 Å². The van der Waals surface area contributed by atoms with Gasteiger partial charge in [0.2, 0.25) is 0 Å². The van der Waals surface area contributed by atoms with Crippen molar-refractivity contribution in [3.05, 3.63) is 40.5 Å². The maximum atomic E-state index is 5.62. The Kier molecular flexibility index (Phi) is 4.00. The Morgan fingerprint density at radius 2 is 2.35 bits per heavy atom. The van der Waals surface area contributed by atoms with Gasteiger partial charge in [0.1, 0.15) is 10.8 Å². The molecule has 0 fully saturated rings. The van der Waals surface area contributed by atoms with Crippen LogP contribution in [-0.4, -0.2) is 21.5 Å². The van der Waals surface area contributed by atoms with Crippen LogP contribution in [0, 0.1) is 0 Å². The van der Waals surface area contributed by atoms with Crippen molar-refractivity contribution in [1.29, 1.82) is 0 Å². The second kappa shape index (κ2) is 5.70. The molecule has 0 amide bonds. The number of aromatic nitrogens is 2. The number of thiazole rings is 1. The maximum Gasteiger partial charge on any atom is 0.136 e. The van der Waals surface area contributed by atoms with Gasteiger partial charge in [-0.2, -0.15) is 0 Å². The quantitative estimate of drug-likeness (QED) is 0.807. The molecule has 2 rings (SSSR count). The van der Waals surface area contributed by atoms with Crippen LogP contribution in [0.4, 0.5) is 5.82 Å². The lowest BCUT2D eigenvalue weighted by Gasteiger charge is -2.08. The molecular weight excluding hydrogens is 252 g/mol. The van der Waals surface area contributed by atoms with Crippen LogP contribution >= 0.6 is 23.6 Å². The molecule has 2 aromatic rings. The van der Waals surface area contributed by atoms with Crippen LogP contribution in [0.2, 0.25) is 0 Å². The second-order valence-electron chi connectivity index (χ2n) is 3.42. The first-order valence-electron chi connectivity index (χ1n) is 5.13. The summed E-state index contributed by atoms with van der Waals surface area (Å²) < 4.78 is 0. The van der Waals surface area contributed by atoms with Crippen LogP contribution in [0.3, 0.4) is 0 Å². The van der Waals surface area contributed by atoms with Gasteiger partial charge >= 0.3 is 0 Å². The van der Waals surface area contributed by atoms with E-state index in [1.54, 1.807) is 17.5 Å². The van der Waals surface area contributed by atoms with E-state index in [0.29, 0.717) is 4.99 Å². The zero-order valence-corrected chi connectivity index (χ0v) is 10.7. The molecular formula is C11H12N4S2. The maximum absolute atomic E-state index is 5.62. The van der Waals surface area contributed by atoms with Crippen LogP contribution in [0.5, 0.6) is 0 Å². The highest BCUT2D eigenvalue weighted by Gasteiger charge is 2.05. The monoisotopic (exact) mass is 264 g/mol. The van der Waals surface area contributed by atoms with Gasteiger partial charge in [-0.25, -0.2) is 9.97 Å². The molecule has 2 heterocycles. The number of nitrogens with two attached hydrogens (primary N) is 1. The molecule has 0 saturated carbocycles. The Balaban J connectivity index is 1.97. The predicted octanol–water partition coefficient (Wildman–Crippen LogP) is 1.83. The van der Waals surface area contributed by atoms with Gasteiger partial charge in [0.15, 0.2) is 0 Å². The fourth-order valence-corrected chi connectivity index (χ4v) is 2.17. The third-order valence-corrected chi connectivity index (χ3v) is 3.09. The van der Waals surface area contributed by atoms with Gasteiger partial charge in [0.05, 0.1) is 16.8 Å². The number of nitrogens with zero attached hydrogens (tertiary/aromatic N) is 2. The summed E-state index contributed by atoms with van der Waals surface area (Å²) in [6.07, 6.45) is 2.57. The van der Waals surface area contributed by atoms with Gasteiger partial charge in [0, 0.05) is 24.5 Å². The van der Waals surface area contributed by atoms with Crippen LogP contribution in [0.25, 0.3) is 0 Å². The first-order valence-corrected chi connectivity index (χ1v) is 6.48. The number of hydrogen-bond donors (Lipinski definition) is 2. The van der Waals surface area contributed by atoms with E-state index >= 15 is 0 Å². The van der Waals surface area contributed by atoms with E-state index in [9.17, 15) is 0 Å². The molecule has 4 nitrogen and oxygen atoms in total. The standard InChI is InChI=1S/C11H12N4S2/c12-10(16)9-2-1-4-13-11(9)14-5-3-8-6-17-7-15-8/h1-2,4,6-7H,3,5H2,(H2,12,16)(H,13,14). The summed E-state index contributed by atoms with van der Waals surface area (Å²) in [6.45, 7) is 0.760. The minimum atomic E-state index is 0.356. The summed E-state index contributed by atoms with van der Waals surface area (Å²) in [4.78, 5) is 8.79. The normalized spacial score (nSPS) is 10.1. The first-order chi connectivity index (χ1) is 8.27. The number of thiocarbonyl (C=S) groups is 1. The third kappa shape index (κ3) is 3.21. The average Bonchev–Trinajstić information content (AvgIpc) is 2.82. The number of rotatable bonds is 5. The number of anilines is 1. The Morgan fingerprint density at radius 1 is 1.47 bits per heavy atom. The molecule has 17 heavy (non-hydrogen) atoms. The Morgan fingerprint density at radius 3 is 3.06 bits per heavy atom. The van der Waals surface area contributed by atoms with Gasteiger partial charge < -0.3 is 11.1 Å². The van der Waals surface area contributed by atoms with Crippen molar-refractivity contribution in [2.45, 2.75) is 6.42 Å². The van der Waals surface area contributed by atoms with Crippen LogP contribution < -0.4 is 11.1 Å². The molecule has 3 N–H and O–H groups in total. The molecule has 0 aliphatic rings. The smallest absolute Gasteiger partial charge is 0.136 e. The molecule has 0 aromatic carbocycles. The Hall–Kier alpha value is -1.53. The third-order valence-electron chi connectivity index (χ3n) is 2.23. The van der Waals surface area contributed by atoms with E-state index in [2.05, 4.69) is 15.3 Å². The summed E-state index contributed by atoms with van der Waals surface area (Å²) in [5.41, 5.74) is 9.31. The van der Waals surface area contributed by atoms with Gasteiger partial charge in [-0.3, -0.25) is 0 Å². The Bertz CT molecular complexity index is 496. The summed E-state index contributed by atoms with van der Waals surface area (Å²) in [6, 6.07) is 3.68. The van der Waals surface area contributed by atoms with E-state index in [-0.39, 0.29) is 0 Å². The lowest BCUT2D eigenvalue weighted by Crippen LogP contribution is -2.15. The minimum Gasteiger partial charge on any atom is -0.389 e. The lowest BCUT2D eigenvalue weighted by atomic mass is 10.2. The fraction of sp³-hybridized carbons (Fsp3) is 0.182. The van der Waals surface area contributed by atoms with Gasteiger partial charge in [0.25, 0.3) is 0 Å². The largest absolute Gasteiger partial charge is 0.389 e. The summed E-state index contributed by atoms with van der Waals surface area (Å²) in [5.74, 6) is 0.732. The number of hydrogen-bond acceptors (Lipinski definition) is 5. The summed E-state index contributed by atoms with van der Waals surface area (Å²) in [5, 5.41) is 5.26. The van der Waals surface area contributed by atoms with E-state index in [4.69, 9.17) is 18.0 Å². The van der Waals surface area contributed by atoms with Crippen molar-refractivity contribution in [3.63, 3.8) is 0 Å². The lowest BCUT2D eigenvalue weighted by molar-refractivity contribution is 0.967. The molecule has 0 bridgehead atoms. The fourth-order valence-electron chi connectivity index (χ4n) is 1.41. The molecule has 6 heteroatoms. The van der Waals surface area contributed by atoms with Crippen molar-refractivity contribution >= 4 is 34.4 Å². The second-order valence-corrected chi connectivity index (χ2v) is 4.58. The van der Waals surface area contributed by atoms with Gasteiger partial charge in [-0.1, -0.05) is 12.2 Å². The van der Waals surface area contributed by atoms with Crippen molar-refractivity contribution in [2.75, 3.05) is 11.9 Å². The Labute approximate surface area is 109 Å². The molecule has 0 aliphatic heterocycles. The van der Waals surface area contributed by atoms with Gasteiger partial charge in [-0.05, 0) is 12.1 Å². The predicted molar refractivity (Wildman–Crippen MR) is 74.4 cm³/mol. The van der Waals surface area contributed by atoms with Crippen molar-refractivity contribution < 1.29 is 0 Å². The number of pyridine rings is 1. The van der Waals surface area contributed by atoms with Crippen LogP contribution in [-0.2, 0) is 6.42 Å². The SMILES string of the molecule is NC(=S)c1cccnc1NCCc1cscn1. The van der Waals surface area contributed by atoms with Crippen molar-refractivity contribution in [2.24, 2.45) is 5.73 Å². The zero-order chi connectivity index (χ0) is 12.1. The molecule has 0 radical (unpaired) electrons. The first kappa shape index (κ1) is 11.9. The minimum absolute atomic E-state index is 0.356. The molecule has 0 aliphatic carbocycles. The van der Waals surface area contributed by atoms with E-state index in [0.717, 1.165) is 30.0 Å². The highest BCUT2D eigenvalue weighted by atomic mass is 32.1. The van der Waals surface area contributed by atoms with Crippen LogP contribution in [0.15, 0.2) is 29.2 Å². The van der Waals surface area contributed by atoms with Crippen LogP contribution in [0.1, 0.15) is 11.3 Å². The molecule has 2 aromatic heterocycles. The average molecular weight is 264 g/mol. The number of nitrogens with one attached hydrogen (secondary N) is 1. The van der Waals surface area contributed by atoms with E-state index in [1.165, 1.54) is 0 Å². The summed E-state index contributed by atoms with van der Waals surface area (Å²) >= 11 is 6.57. The highest BCUT2D eigenvalue weighted by molar-refractivity contribution is 7.80. The molecule has 0 spiro atoms. The molecule has 0 unspecified atom stereocenters. The van der Waals surface area contributed by atoms with Crippen molar-refractivity contribution in [3.8, 4) is 0 Å².